The van der Waals surface area contributed by atoms with Crippen LogP contribution in [-0.2, 0) is 5.41 Å². The summed E-state index contributed by atoms with van der Waals surface area (Å²) in [5.74, 6) is 0. The first kappa shape index (κ1) is 29.4. The van der Waals surface area contributed by atoms with Crippen LogP contribution in [0.5, 0.6) is 0 Å². The Labute approximate surface area is 310 Å². The van der Waals surface area contributed by atoms with Gasteiger partial charge in [0.25, 0.3) is 0 Å². The average molecular weight is 693 g/mol. The van der Waals surface area contributed by atoms with Crippen molar-refractivity contribution < 1.29 is 4.42 Å². The third-order valence-electron chi connectivity index (χ3n) is 12.0. The second-order valence-electron chi connectivity index (χ2n) is 15.2. The lowest BCUT2D eigenvalue weighted by molar-refractivity contribution is 0.661. The van der Waals surface area contributed by atoms with Gasteiger partial charge in [-0.3, -0.25) is 0 Å². The van der Waals surface area contributed by atoms with Crippen LogP contribution in [0, 0.1) is 0 Å². The van der Waals surface area contributed by atoms with E-state index in [0.717, 1.165) is 11.2 Å². The highest BCUT2D eigenvalue weighted by Gasteiger charge is 2.36. The van der Waals surface area contributed by atoms with Gasteiger partial charge in [-0.1, -0.05) is 129 Å². The van der Waals surface area contributed by atoms with Crippen molar-refractivity contribution >= 4 is 85.8 Å². The Morgan fingerprint density at radius 3 is 1.72 bits per heavy atom. The van der Waals surface area contributed by atoms with Crippen molar-refractivity contribution in [2.24, 2.45) is 0 Å². The molecule has 0 saturated carbocycles. The molecule has 0 amide bonds. The molecule has 0 bridgehead atoms. The molecule has 0 aliphatic heterocycles. The molecule has 1 nitrogen and oxygen atoms in total. The summed E-state index contributed by atoms with van der Waals surface area (Å²) in [6.45, 7) is 4.74. The fraction of sp³-hybridized carbons (Fsp3) is 0.0588. The van der Waals surface area contributed by atoms with Crippen LogP contribution in [0.2, 0.25) is 0 Å². The normalized spacial score (nSPS) is 13.6. The zero-order chi connectivity index (χ0) is 35.0. The maximum Gasteiger partial charge on any atom is 0.143 e. The third kappa shape index (κ3) is 3.96. The molecule has 0 N–H and O–H groups in total. The third-order valence-corrected chi connectivity index (χ3v) is 13.2. The summed E-state index contributed by atoms with van der Waals surface area (Å²) >= 11 is 1.88. The van der Waals surface area contributed by atoms with Gasteiger partial charge in [-0.15, -0.1) is 11.3 Å². The predicted octanol–water partition coefficient (Wildman–Crippen LogP) is 15.1. The van der Waals surface area contributed by atoms with Crippen LogP contribution in [-0.4, -0.2) is 0 Å². The van der Waals surface area contributed by atoms with E-state index in [1.165, 1.54) is 108 Å². The standard InChI is InChI=1S/C51H32OS/c1-51(2)43-24-21-30(25-41(43)42-28-40-29(26-44(42)51)19-23-39-32-11-7-9-17-45(32)52-50(39)40)48-35-13-3-5-15-37(35)49(38-16-6-4-14-36(38)48)31-20-22-34-33-12-8-10-18-46(33)53-47(34)27-31/h3-28H,1-2H3. The zero-order valence-electron chi connectivity index (χ0n) is 29.3. The van der Waals surface area contributed by atoms with E-state index in [4.69, 9.17) is 4.42 Å². The summed E-state index contributed by atoms with van der Waals surface area (Å²) in [6.07, 6.45) is 0. The second-order valence-corrected chi connectivity index (χ2v) is 16.3. The van der Waals surface area contributed by atoms with Gasteiger partial charge in [-0.2, -0.15) is 0 Å². The van der Waals surface area contributed by atoms with Gasteiger partial charge in [0.15, 0.2) is 0 Å². The van der Waals surface area contributed by atoms with Crippen molar-refractivity contribution in [3.8, 4) is 33.4 Å². The number of fused-ring (bicyclic) bond motifs is 13. The van der Waals surface area contributed by atoms with Crippen molar-refractivity contribution in [2.75, 3.05) is 0 Å². The molecule has 2 heteroatoms. The monoisotopic (exact) mass is 692 g/mol. The summed E-state index contributed by atoms with van der Waals surface area (Å²) in [5, 5.41) is 12.5. The molecule has 2 heterocycles. The lowest BCUT2D eigenvalue weighted by atomic mass is 9.81. The molecule has 53 heavy (non-hydrogen) atoms. The van der Waals surface area contributed by atoms with E-state index in [1.54, 1.807) is 0 Å². The van der Waals surface area contributed by atoms with Crippen LogP contribution in [0.3, 0.4) is 0 Å². The topological polar surface area (TPSA) is 13.1 Å². The van der Waals surface area contributed by atoms with Gasteiger partial charge in [-0.05, 0) is 114 Å². The van der Waals surface area contributed by atoms with Gasteiger partial charge in [-0.25, -0.2) is 0 Å². The average Bonchev–Trinajstić information content (AvgIpc) is 3.83. The molecule has 0 spiro atoms. The smallest absolute Gasteiger partial charge is 0.143 e. The van der Waals surface area contributed by atoms with Crippen molar-refractivity contribution in [3.63, 3.8) is 0 Å². The number of para-hydroxylation sites is 1. The largest absolute Gasteiger partial charge is 0.455 e. The number of furan rings is 1. The summed E-state index contributed by atoms with van der Waals surface area (Å²) < 4.78 is 9.20. The maximum atomic E-state index is 6.54. The Hall–Kier alpha value is -6.22. The first-order valence-corrected chi connectivity index (χ1v) is 19.2. The van der Waals surface area contributed by atoms with Crippen molar-refractivity contribution in [2.45, 2.75) is 19.3 Å². The molecule has 1 aliphatic rings. The van der Waals surface area contributed by atoms with Gasteiger partial charge in [0.1, 0.15) is 11.2 Å². The SMILES string of the molecule is CC1(C)c2ccc(-c3c4ccccc4c(-c4ccc5c(c4)sc4ccccc45)c4ccccc34)cc2-c2cc3c(ccc4c5ccccc5oc34)cc21. The molecular weight excluding hydrogens is 661 g/mol. The molecule has 0 saturated heterocycles. The fourth-order valence-corrected chi connectivity index (χ4v) is 10.7. The number of hydrogen-bond donors (Lipinski definition) is 0. The first-order chi connectivity index (χ1) is 26.0. The van der Waals surface area contributed by atoms with Gasteiger partial charge in [0.2, 0.25) is 0 Å². The zero-order valence-corrected chi connectivity index (χ0v) is 30.1. The van der Waals surface area contributed by atoms with Crippen molar-refractivity contribution in [1.82, 2.24) is 0 Å². The van der Waals surface area contributed by atoms with E-state index in [-0.39, 0.29) is 5.41 Å². The minimum Gasteiger partial charge on any atom is -0.455 e. The molecule has 1 aliphatic carbocycles. The van der Waals surface area contributed by atoms with Crippen LogP contribution in [0.4, 0.5) is 0 Å². The highest BCUT2D eigenvalue weighted by Crippen LogP contribution is 2.53. The van der Waals surface area contributed by atoms with Crippen LogP contribution in [0.25, 0.3) is 108 Å². The first-order valence-electron chi connectivity index (χ1n) is 18.4. The number of rotatable bonds is 2. The quantitative estimate of drug-likeness (QED) is 0.164. The Kier molecular flexibility index (Phi) is 5.78. The van der Waals surface area contributed by atoms with E-state index < -0.39 is 0 Å². The lowest BCUT2D eigenvalue weighted by Gasteiger charge is -2.22. The molecular formula is C51H32OS. The fourth-order valence-electron chi connectivity index (χ4n) is 9.54. The highest BCUT2D eigenvalue weighted by atomic mass is 32.1. The minimum absolute atomic E-state index is 0.126. The molecule has 2 aromatic heterocycles. The molecule has 11 aromatic rings. The van der Waals surface area contributed by atoms with E-state index in [0.29, 0.717) is 0 Å². The van der Waals surface area contributed by atoms with Gasteiger partial charge in [0.05, 0.1) is 0 Å². The van der Waals surface area contributed by atoms with Crippen LogP contribution in [0.15, 0.2) is 162 Å². The summed E-state index contributed by atoms with van der Waals surface area (Å²) in [7, 11) is 0. The van der Waals surface area contributed by atoms with Crippen LogP contribution < -0.4 is 0 Å². The number of benzene rings is 9. The Bertz CT molecular complexity index is 3320. The second kappa shape index (κ2) is 10.4. The Balaban J connectivity index is 1.10. The van der Waals surface area contributed by atoms with E-state index >= 15 is 0 Å². The molecule has 0 unspecified atom stereocenters. The van der Waals surface area contributed by atoms with E-state index in [9.17, 15) is 0 Å². The van der Waals surface area contributed by atoms with Crippen LogP contribution >= 0.6 is 11.3 Å². The molecule has 9 aromatic carbocycles. The van der Waals surface area contributed by atoms with E-state index in [1.807, 2.05) is 11.3 Å². The molecule has 0 fully saturated rings. The molecule has 12 rings (SSSR count). The number of hydrogen-bond acceptors (Lipinski definition) is 2. The summed E-state index contributed by atoms with van der Waals surface area (Å²) in [5.41, 5.74) is 12.2. The minimum atomic E-state index is -0.126. The molecule has 248 valence electrons. The van der Waals surface area contributed by atoms with Crippen LogP contribution in [0.1, 0.15) is 25.0 Å². The molecule has 0 atom stereocenters. The van der Waals surface area contributed by atoms with Crippen molar-refractivity contribution in [1.29, 1.82) is 0 Å². The van der Waals surface area contributed by atoms with E-state index in [2.05, 4.69) is 172 Å². The summed E-state index contributed by atoms with van der Waals surface area (Å²) in [6, 6.07) is 58.7. The Morgan fingerprint density at radius 2 is 0.981 bits per heavy atom. The predicted molar refractivity (Wildman–Crippen MR) is 228 cm³/mol. The van der Waals surface area contributed by atoms with Crippen molar-refractivity contribution in [3.05, 3.63) is 169 Å². The lowest BCUT2D eigenvalue weighted by Crippen LogP contribution is -2.14. The van der Waals surface area contributed by atoms with Gasteiger partial charge < -0.3 is 4.42 Å². The summed E-state index contributed by atoms with van der Waals surface area (Å²) in [4.78, 5) is 0. The van der Waals surface area contributed by atoms with Gasteiger partial charge in [0, 0.05) is 41.7 Å². The maximum absolute atomic E-state index is 6.54. The van der Waals surface area contributed by atoms with Gasteiger partial charge >= 0.3 is 0 Å². The number of thiophene rings is 1. The highest BCUT2D eigenvalue weighted by molar-refractivity contribution is 7.25. The molecule has 0 radical (unpaired) electrons. The Morgan fingerprint density at radius 1 is 0.415 bits per heavy atom.